The van der Waals surface area contributed by atoms with Crippen LogP contribution in [0.15, 0.2) is 42.5 Å². The first-order chi connectivity index (χ1) is 14.1. The molecule has 1 heterocycles. The molecule has 0 spiro atoms. The monoisotopic (exact) mass is 386 g/mol. The molecule has 2 fully saturated rings. The second-order valence-electron chi connectivity index (χ2n) is 9.69. The number of Topliss-reactive ketones (excluding diaryl/α,β-unsaturated/α-hetero) is 1. The van der Waals surface area contributed by atoms with Crippen LogP contribution in [0, 0.1) is 17.3 Å². The van der Waals surface area contributed by atoms with Gasteiger partial charge in [-0.05, 0) is 72.6 Å². The zero-order chi connectivity index (χ0) is 19.8. The summed E-state index contributed by atoms with van der Waals surface area (Å²) in [7, 11) is 0. The Morgan fingerprint density at radius 3 is 2.62 bits per heavy atom. The lowest BCUT2D eigenvalue weighted by atomic mass is 9.55. The van der Waals surface area contributed by atoms with Crippen LogP contribution in [0.3, 0.4) is 0 Å². The number of rotatable bonds is 1. The Bertz CT molecular complexity index is 1020. The minimum absolute atomic E-state index is 0.0962. The van der Waals surface area contributed by atoms with Crippen LogP contribution in [-0.4, -0.2) is 11.8 Å². The van der Waals surface area contributed by atoms with Gasteiger partial charge >= 0.3 is 5.97 Å². The maximum absolute atomic E-state index is 12.7. The maximum atomic E-state index is 12.7. The van der Waals surface area contributed by atoms with E-state index in [1.54, 1.807) is 0 Å². The molecule has 29 heavy (non-hydrogen) atoms. The van der Waals surface area contributed by atoms with E-state index in [9.17, 15) is 9.59 Å². The summed E-state index contributed by atoms with van der Waals surface area (Å²) in [5, 5.41) is 0. The number of esters is 1. The van der Waals surface area contributed by atoms with Crippen molar-refractivity contribution in [1.29, 1.82) is 0 Å². The minimum atomic E-state index is -0.321. The number of aryl methyl sites for hydroxylation is 1. The van der Waals surface area contributed by atoms with Gasteiger partial charge in [0.1, 0.15) is 17.5 Å². The molecule has 0 amide bonds. The fourth-order valence-electron chi connectivity index (χ4n) is 6.96. The van der Waals surface area contributed by atoms with Crippen LogP contribution in [-0.2, 0) is 16.0 Å². The molecule has 2 aromatic carbocycles. The van der Waals surface area contributed by atoms with E-state index >= 15 is 0 Å². The number of ketones is 1. The fourth-order valence-corrected chi connectivity index (χ4v) is 6.96. The SMILES string of the molecule is C[C@]12CC[C@@H]3c4cc5c(cc4CC[C@H]3[C@@H]1CCC2=O)OC(=O)C5c1ccccc1. The maximum Gasteiger partial charge on any atom is 0.323 e. The number of carbonyl (C=O) groups is 2. The molecule has 6 rings (SSSR count). The molecule has 5 atom stereocenters. The smallest absolute Gasteiger partial charge is 0.323 e. The molecule has 0 bridgehead atoms. The second kappa shape index (κ2) is 6.04. The molecule has 3 heteroatoms. The Balaban J connectivity index is 1.42. The van der Waals surface area contributed by atoms with E-state index in [1.165, 1.54) is 11.1 Å². The van der Waals surface area contributed by atoms with Crippen molar-refractivity contribution in [3.05, 3.63) is 64.7 Å². The standard InChI is InChI=1S/C26H26O3/c1-26-12-11-17-18(21(26)9-10-23(26)27)8-7-16-13-22-20(14-19(16)17)24(25(28)29-22)15-5-3-2-4-6-15/h2-6,13-14,17-18,21,24H,7-12H2,1H3/t17-,18+,21-,24?,26-/m0/s1. The molecule has 1 aliphatic heterocycles. The van der Waals surface area contributed by atoms with Crippen LogP contribution in [0.5, 0.6) is 5.75 Å². The number of carbonyl (C=O) groups excluding carboxylic acids is 2. The Hall–Kier alpha value is -2.42. The van der Waals surface area contributed by atoms with Gasteiger partial charge in [0.05, 0.1) is 0 Å². The molecule has 4 aliphatic rings. The Morgan fingerprint density at radius 1 is 0.966 bits per heavy atom. The topological polar surface area (TPSA) is 43.4 Å². The molecule has 2 aromatic rings. The Kier molecular flexibility index (Phi) is 3.63. The summed E-state index contributed by atoms with van der Waals surface area (Å²) >= 11 is 0. The van der Waals surface area contributed by atoms with E-state index in [1.807, 2.05) is 30.3 Å². The van der Waals surface area contributed by atoms with E-state index in [0.29, 0.717) is 23.5 Å². The molecule has 2 saturated carbocycles. The van der Waals surface area contributed by atoms with E-state index < -0.39 is 0 Å². The summed E-state index contributed by atoms with van der Waals surface area (Å²) in [6, 6.07) is 14.4. The van der Waals surface area contributed by atoms with Crippen LogP contribution >= 0.6 is 0 Å². The van der Waals surface area contributed by atoms with Crippen molar-refractivity contribution in [1.82, 2.24) is 0 Å². The number of hydrogen-bond acceptors (Lipinski definition) is 3. The predicted molar refractivity (Wildman–Crippen MR) is 110 cm³/mol. The highest BCUT2D eigenvalue weighted by molar-refractivity contribution is 5.90. The lowest BCUT2D eigenvalue weighted by molar-refractivity contribution is -0.133. The van der Waals surface area contributed by atoms with E-state index in [2.05, 4.69) is 19.1 Å². The van der Waals surface area contributed by atoms with Gasteiger partial charge in [-0.1, -0.05) is 43.3 Å². The fraction of sp³-hybridized carbons (Fsp3) is 0.462. The molecular formula is C26H26O3. The summed E-state index contributed by atoms with van der Waals surface area (Å²) in [5.41, 5.74) is 4.69. The van der Waals surface area contributed by atoms with Gasteiger partial charge in [0, 0.05) is 17.4 Å². The molecule has 0 radical (unpaired) electrons. The molecule has 0 aromatic heterocycles. The summed E-state index contributed by atoms with van der Waals surface area (Å²) < 4.78 is 5.69. The van der Waals surface area contributed by atoms with Gasteiger partial charge in [0.2, 0.25) is 0 Å². The summed E-state index contributed by atoms with van der Waals surface area (Å²) in [6.45, 7) is 2.22. The summed E-state index contributed by atoms with van der Waals surface area (Å²) in [4.78, 5) is 25.3. The van der Waals surface area contributed by atoms with Crippen molar-refractivity contribution in [3.63, 3.8) is 0 Å². The molecule has 3 nitrogen and oxygen atoms in total. The van der Waals surface area contributed by atoms with Gasteiger partial charge < -0.3 is 4.74 Å². The molecule has 0 saturated heterocycles. The van der Waals surface area contributed by atoms with Crippen molar-refractivity contribution >= 4 is 11.8 Å². The third-order valence-electron chi connectivity index (χ3n) is 8.45. The van der Waals surface area contributed by atoms with Gasteiger partial charge in [-0.2, -0.15) is 0 Å². The van der Waals surface area contributed by atoms with Gasteiger partial charge in [-0.25, -0.2) is 0 Å². The summed E-state index contributed by atoms with van der Waals surface area (Å²) in [6.07, 6.45) is 6.09. The van der Waals surface area contributed by atoms with Crippen LogP contribution < -0.4 is 4.74 Å². The average molecular weight is 386 g/mol. The van der Waals surface area contributed by atoms with E-state index in [-0.39, 0.29) is 17.3 Å². The largest absolute Gasteiger partial charge is 0.425 e. The van der Waals surface area contributed by atoms with Crippen LogP contribution in [0.1, 0.15) is 73.1 Å². The van der Waals surface area contributed by atoms with Crippen molar-refractivity contribution < 1.29 is 14.3 Å². The van der Waals surface area contributed by atoms with Crippen LogP contribution in [0.4, 0.5) is 0 Å². The van der Waals surface area contributed by atoms with Crippen molar-refractivity contribution in [3.8, 4) is 5.75 Å². The first kappa shape index (κ1) is 17.4. The molecule has 148 valence electrons. The minimum Gasteiger partial charge on any atom is -0.425 e. The van der Waals surface area contributed by atoms with E-state index in [0.717, 1.165) is 55.4 Å². The Morgan fingerprint density at radius 2 is 1.79 bits per heavy atom. The second-order valence-corrected chi connectivity index (χ2v) is 9.69. The highest BCUT2D eigenvalue weighted by atomic mass is 16.5. The number of hydrogen-bond donors (Lipinski definition) is 0. The quantitative estimate of drug-likeness (QED) is 0.502. The van der Waals surface area contributed by atoms with Crippen molar-refractivity contribution in [2.75, 3.05) is 0 Å². The third kappa shape index (κ3) is 2.36. The van der Waals surface area contributed by atoms with Crippen LogP contribution in [0.2, 0.25) is 0 Å². The highest BCUT2D eigenvalue weighted by Gasteiger charge is 2.54. The molecule has 3 aliphatic carbocycles. The molecule has 1 unspecified atom stereocenters. The van der Waals surface area contributed by atoms with Gasteiger partial charge in [0.15, 0.2) is 0 Å². The zero-order valence-electron chi connectivity index (χ0n) is 16.8. The lowest BCUT2D eigenvalue weighted by Gasteiger charge is -2.48. The lowest BCUT2D eigenvalue weighted by Crippen LogP contribution is -2.42. The van der Waals surface area contributed by atoms with Gasteiger partial charge in [0.25, 0.3) is 0 Å². The first-order valence-corrected chi connectivity index (χ1v) is 11.0. The number of ether oxygens (including phenoxy) is 1. The van der Waals surface area contributed by atoms with Crippen molar-refractivity contribution in [2.45, 2.75) is 57.3 Å². The average Bonchev–Trinajstić information content (AvgIpc) is 3.22. The Labute approximate surface area is 171 Å². The van der Waals surface area contributed by atoms with Crippen LogP contribution in [0.25, 0.3) is 0 Å². The van der Waals surface area contributed by atoms with Gasteiger partial charge in [-0.3, -0.25) is 9.59 Å². The summed E-state index contributed by atoms with van der Waals surface area (Å²) in [5.74, 6) is 2.39. The third-order valence-corrected chi connectivity index (χ3v) is 8.45. The highest BCUT2D eigenvalue weighted by Crippen LogP contribution is 2.60. The number of fused-ring (bicyclic) bond motifs is 6. The predicted octanol–water partition coefficient (Wildman–Crippen LogP) is 5.16. The van der Waals surface area contributed by atoms with Gasteiger partial charge in [-0.15, -0.1) is 0 Å². The first-order valence-electron chi connectivity index (χ1n) is 11.0. The van der Waals surface area contributed by atoms with E-state index in [4.69, 9.17) is 4.74 Å². The van der Waals surface area contributed by atoms with Crippen molar-refractivity contribution in [2.24, 2.45) is 17.3 Å². The normalized spacial score (nSPS) is 34.8. The number of benzene rings is 2. The zero-order valence-corrected chi connectivity index (χ0v) is 16.8. The molecular weight excluding hydrogens is 360 g/mol. The molecule has 0 N–H and O–H groups in total.